The summed E-state index contributed by atoms with van der Waals surface area (Å²) in [6, 6.07) is 0. The minimum atomic E-state index is -0.00268. The lowest BCUT2D eigenvalue weighted by Gasteiger charge is -2.26. The van der Waals surface area contributed by atoms with Gasteiger partial charge in [-0.1, -0.05) is 325 Å². The normalized spacial score (nSPS) is 12.4. The van der Waals surface area contributed by atoms with Crippen LogP contribution in [-0.4, -0.2) is 97.4 Å². The Bertz CT molecular complexity index is 1560. The van der Waals surface area contributed by atoms with E-state index in [1.165, 1.54) is 289 Å². The summed E-state index contributed by atoms with van der Waals surface area (Å²) in [7, 11) is 0. The molecule has 0 bridgehead atoms. The molecule has 10 nitrogen and oxygen atoms in total. The highest BCUT2D eigenvalue weighted by Gasteiger charge is 2.19. The van der Waals surface area contributed by atoms with Gasteiger partial charge in [0.25, 0.3) is 0 Å². The van der Waals surface area contributed by atoms with Crippen LogP contribution in [0, 0.1) is 0 Å². The van der Waals surface area contributed by atoms with E-state index in [1.807, 2.05) is 0 Å². The first-order chi connectivity index (χ1) is 49.6. The van der Waals surface area contributed by atoms with Gasteiger partial charge in [-0.25, -0.2) is 0 Å². The third-order valence-corrected chi connectivity index (χ3v) is 21.8. The van der Waals surface area contributed by atoms with Crippen molar-refractivity contribution in [3.63, 3.8) is 0 Å². The number of esters is 4. The third-order valence-electron chi connectivity index (χ3n) is 21.8. The van der Waals surface area contributed by atoms with Crippen molar-refractivity contribution in [2.45, 2.75) is 523 Å². The fraction of sp³-hybridized carbons (Fsp3) is 0.956. The Kier molecular flexibility index (Phi) is 78.6. The van der Waals surface area contributed by atoms with Gasteiger partial charge < -0.3 is 28.7 Å². The van der Waals surface area contributed by atoms with Crippen LogP contribution in [0.15, 0.2) is 0 Å². The molecule has 0 aliphatic rings. The highest BCUT2D eigenvalue weighted by Crippen LogP contribution is 2.23. The van der Waals surface area contributed by atoms with E-state index >= 15 is 0 Å². The van der Waals surface area contributed by atoms with Crippen LogP contribution in [0.3, 0.4) is 0 Å². The molecule has 0 saturated carbocycles. The Labute approximate surface area is 630 Å². The number of carbonyl (C=O) groups excluding carboxylic acids is 4. The molecule has 0 amide bonds. The van der Waals surface area contributed by atoms with Gasteiger partial charge in [-0.2, -0.15) is 0 Å². The third kappa shape index (κ3) is 71.8. The molecule has 0 N–H and O–H groups in total. The van der Waals surface area contributed by atoms with Gasteiger partial charge in [0, 0.05) is 25.7 Å². The van der Waals surface area contributed by atoms with Crippen LogP contribution in [0.2, 0.25) is 0 Å². The molecule has 2 unspecified atom stereocenters. The number of hydrogen-bond donors (Lipinski definition) is 0. The van der Waals surface area contributed by atoms with E-state index in [0.717, 1.165) is 168 Å². The van der Waals surface area contributed by atoms with Gasteiger partial charge in [0.05, 0.1) is 0 Å². The molecule has 2 atom stereocenters. The van der Waals surface area contributed by atoms with Crippen LogP contribution in [0.5, 0.6) is 0 Å². The predicted molar refractivity (Wildman–Crippen MR) is 436 cm³/mol. The minimum Gasteiger partial charge on any atom is -0.462 e. The van der Waals surface area contributed by atoms with E-state index < -0.39 is 0 Å². The van der Waals surface area contributed by atoms with Crippen LogP contribution < -0.4 is 0 Å². The second kappa shape index (κ2) is 80.3. The Hall–Kier alpha value is -2.20. The van der Waals surface area contributed by atoms with Crippen LogP contribution in [0.25, 0.3) is 0 Å². The Morgan fingerprint density at radius 2 is 0.347 bits per heavy atom. The molecule has 0 heterocycles. The summed E-state index contributed by atoms with van der Waals surface area (Å²) < 4.78 is 24.3. The average Bonchev–Trinajstić information content (AvgIpc) is 3.85. The number of nitrogens with zero attached hydrogens (tertiary/aromatic N) is 2. The van der Waals surface area contributed by atoms with Crippen molar-refractivity contribution in [3.05, 3.63) is 0 Å². The van der Waals surface area contributed by atoms with Crippen molar-refractivity contribution < 1.29 is 38.1 Å². The topological polar surface area (TPSA) is 112 Å². The second-order valence-electron chi connectivity index (χ2n) is 31.7. The first kappa shape index (κ1) is 98.8. The molecule has 0 radical (unpaired) electrons. The highest BCUT2D eigenvalue weighted by atomic mass is 16.6. The van der Waals surface area contributed by atoms with Crippen molar-refractivity contribution in [3.8, 4) is 0 Å². The van der Waals surface area contributed by atoms with Crippen LogP contribution in [0.4, 0.5) is 0 Å². The molecule has 0 aliphatic carbocycles. The summed E-state index contributed by atoms with van der Waals surface area (Å²) in [5, 5.41) is 0. The largest absolute Gasteiger partial charge is 0.462 e. The molecule has 10 heteroatoms. The van der Waals surface area contributed by atoms with Crippen LogP contribution in [0.1, 0.15) is 498 Å². The maximum Gasteiger partial charge on any atom is 0.306 e. The van der Waals surface area contributed by atoms with E-state index in [2.05, 4.69) is 65.2 Å². The number of ether oxygens (including phenoxy) is 4. The summed E-state index contributed by atoms with van der Waals surface area (Å²) in [6.07, 6.45) is 79.7. The molecular formula is C91H178N2O8. The molecule has 0 aromatic carbocycles. The van der Waals surface area contributed by atoms with Crippen molar-refractivity contribution >= 4 is 23.9 Å². The van der Waals surface area contributed by atoms with E-state index in [-0.39, 0.29) is 48.3 Å². The Morgan fingerprint density at radius 1 is 0.188 bits per heavy atom. The number of rotatable bonds is 84. The summed E-state index contributed by atoms with van der Waals surface area (Å²) in [6.45, 7) is 24.7. The fourth-order valence-corrected chi connectivity index (χ4v) is 14.8. The summed E-state index contributed by atoms with van der Waals surface area (Å²) in [5.74, 6) is 0.0482. The van der Waals surface area contributed by atoms with Crippen LogP contribution >= 0.6 is 0 Å². The summed E-state index contributed by atoms with van der Waals surface area (Å²) in [5.41, 5.74) is 0. The molecular weight excluding hydrogens is 1250 g/mol. The van der Waals surface area contributed by atoms with Gasteiger partial charge in [-0.3, -0.25) is 19.2 Å². The van der Waals surface area contributed by atoms with E-state index in [4.69, 9.17) is 18.9 Å². The van der Waals surface area contributed by atoms with Gasteiger partial charge in [-0.05, 0) is 187 Å². The zero-order chi connectivity index (χ0) is 73.6. The van der Waals surface area contributed by atoms with E-state index in [9.17, 15) is 19.2 Å². The van der Waals surface area contributed by atoms with Gasteiger partial charge in [0.2, 0.25) is 0 Å². The second-order valence-corrected chi connectivity index (χ2v) is 31.7. The van der Waals surface area contributed by atoms with Crippen molar-refractivity contribution in [1.82, 2.24) is 9.80 Å². The average molecular weight is 1430 g/mol. The lowest BCUT2D eigenvalue weighted by Crippen LogP contribution is -2.32. The highest BCUT2D eigenvalue weighted by molar-refractivity contribution is 5.70. The molecule has 0 spiro atoms. The zero-order valence-corrected chi connectivity index (χ0v) is 69.5. The maximum absolute atomic E-state index is 13.2. The molecule has 0 fully saturated rings. The smallest absolute Gasteiger partial charge is 0.306 e. The van der Waals surface area contributed by atoms with Gasteiger partial charge >= 0.3 is 23.9 Å². The quantitative estimate of drug-likeness (QED) is 0.0331. The van der Waals surface area contributed by atoms with Gasteiger partial charge in [-0.15, -0.1) is 0 Å². The molecule has 0 rings (SSSR count). The molecule has 0 aromatic heterocycles. The van der Waals surface area contributed by atoms with Gasteiger partial charge in [0.15, 0.2) is 0 Å². The number of unbranched alkanes of at least 4 members (excludes halogenated alkanes) is 46. The van der Waals surface area contributed by atoms with Gasteiger partial charge in [0.1, 0.15) is 24.4 Å². The molecule has 0 aliphatic heterocycles. The molecule has 600 valence electrons. The summed E-state index contributed by atoms with van der Waals surface area (Å²) in [4.78, 5) is 57.7. The maximum atomic E-state index is 13.2. The molecule has 0 aromatic rings. The fourth-order valence-electron chi connectivity index (χ4n) is 14.8. The van der Waals surface area contributed by atoms with Crippen molar-refractivity contribution in [2.75, 3.05) is 39.3 Å². The van der Waals surface area contributed by atoms with Crippen molar-refractivity contribution in [2.24, 2.45) is 0 Å². The zero-order valence-electron chi connectivity index (χ0n) is 69.5. The Morgan fingerprint density at radius 3 is 0.554 bits per heavy atom. The van der Waals surface area contributed by atoms with E-state index in [0.29, 0.717) is 25.7 Å². The SMILES string of the molecule is CCCCCCCCC(CC)OC(=O)CCCCCCCN(CCCCCCCC(=O)OC(CCCCCCCC)CCCCCCCC)CCCN(CCCCCCCC(=O)OC(CC)CCCCCCCC)CCCCCCCC(=O)OC(CCCCCCCC)CCCCCCCC. The number of carbonyl (C=O) groups is 4. The first-order valence-electron chi connectivity index (χ1n) is 45.8. The molecule has 0 saturated heterocycles. The lowest BCUT2D eigenvalue weighted by atomic mass is 10.0. The van der Waals surface area contributed by atoms with Crippen molar-refractivity contribution in [1.29, 1.82) is 0 Å². The number of hydrogen-bond acceptors (Lipinski definition) is 10. The predicted octanol–water partition coefficient (Wildman–Crippen LogP) is 28.3. The molecule has 101 heavy (non-hydrogen) atoms. The van der Waals surface area contributed by atoms with Crippen LogP contribution in [-0.2, 0) is 38.1 Å². The van der Waals surface area contributed by atoms with E-state index in [1.54, 1.807) is 0 Å². The first-order valence-corrected chi connectivity index (χ1v) is 45.8. The minimum absolute atomic E-state index is 0.00268. The Balaban J connectivity index is 5.74. The monoisotopic (exact) mass is 1430 g/mol. The summed E-state index contributed by atoms with van der Waals surface area (Å²) >= 11 is 0. The standard InChI is InChI=1S/C91H178N2O8/c1-9-17-23-29-39-53-68-84(15-7)98-88(94)74-59-45-35-49-63-78-92(80-65-51-37-47-61-76-90(96)100-86(70-55-41-31-25-19-11-3)71-56-42-32-26-20-12-4)82-67-83-93(79-64-50-36-46-60-75-89(95)99-85(16-8)69-54-40-30-24-18-10-2)81-66-52-38-48-62-77-91(97)101-87(72-57-43-33-27-21-13-5)73-58-44-34-28-22-14-6/h84-87H,9-83H2,1-8H3. The lowest BCUT2D eigenvalue weighted by molar-refractivity contribution is -0.151.